The van der Waals surface area contributed by atoms with Crippen LogP contribution in [0.25, 0.3) is 0 Å². The first kappa shape index (κ1) is 17.6. The maximum atomic E-state index is 12.8. The van der Waals surface area contributed by atoms with Gasteiger partial charge in [0.1, 0.15) is 5.75 Å². The zero-order valence-electron chi connectivity index (χ0n) is 15.4. The van der Waals surface area contributed by atoms with E-state index < -0.39 is 0 Å². The number of carbonyl (C=O) groups excluding carboxylic acids is 2. The number of piperazine rings is 1. The average molecular weight is 364 g/mol. The summed E-state index contributed by atoms with van der Waals surface area (Å²) in [5, 5.41) is 0. The first-order valence-electron chi connectivity index (χ1n) is 9.57. The number of fused-ring (bicyclic) bond motifs is 1. The van der Waals surface area contributed by atoms with Gasteiger partial charge in [-0.25, -0.2) is 0 Å². The minimum absolute atomic E-state index is 0.0427. The number of hydrogen-bond acceptors (Lipinski definition) is 3. The molecule has 0 bridgehead atoms. The normalized spacial score (nSPS) is 16.0. The molecule has 1 fully saturated rings. The van der Waals surface area contributed by atoms with Gasteiger partial charge in [0.05, 0.1) is 6.61 Å². The second-order valence-electron chi connectivity index (χ2n) is 7.08. The molecule has 0 atom stereocenters. The third-order valence-electron chi connectivity index (χ3n) is 5.33. The summed E-state index contributed by atoms with van der Waals surface area (Å²) in [6.07, 6.45) is 2.14. The highest BCUT2D eigenvalue weighted by atomic mass is 16.5. The number of carbonyl (C=O) groups is 2. The van der Waals surface area contributed by atoms with Crippen LogP contribution in [-0.4, -0.2) is 54.4 Å². The molecule has 140 valence electrons. The van der Waals surface area contributed by atoms with Gasteiger partial charge in [-0.2, -0.15) is 0 Å². The lowest BCUT2D eigenvalue weighted by Gasteiger charge is -2.35. The van der Waals surface area contributed by atoms with Gasteiger partial charge in [0.15, 0.2) is 0 Å². The van der Waals surface area contributed by atoms with Crippen molar-refractivity contribution in [3.8, 4) is 5.75 Å². The van der Waals surface area contributed by atoms with Crippen molar-refractivity contribution in [2.75, 3.05) is 32.8 Å². The van der Waals surface area contributed by atoms with E-state index in [1.807, 2.05) is 58.3 Å². The predicted molar refractivity (Wildman–Crippen MR) is 103 cm³/mol. The largest absolute Gasteiger partial charge is 0.493 e. The Morgan fingerprint density at radius 2 is 1.67 bits per heavy atom. The lowest BCUT2D eigenvalue weighted by molar-refractivity contribution is -0.132. The lowest BCUT2D eigenvalue weighted by atomic mass is 10.1. The van der Waals surface area contributed by atoms with Gasteiger partial charge in [-0.05, 0) is 35.7 Å². The molecule has 0 aromatic heterocycles. The molecule has 1 saturated heterocycles. The third-order valence-corrected chi connectivity index (χ3v) is 5.33. The lowest BCUT2D eigenvalue weighted by Crippen LogP contribution is -2.50. The molecule has 2 amide bonds. The summed E-state index contributed by atoms with van der Waals surface area (Å²) in [7, 11) is 0. The van der Waals surface area contributed by atoms with Gasteiger partial charge >= 0.3 is 0 Å². The summed E-state index contributed by atoms with van der Waals surface area (Å²) in [6, 6.07) is 15.7. The molecule has 2 aromatic carbocycles. The van der Waals surface area contributed by atoms with Crippen LogP contribution in [0.4, 0.5) is 0 Å². The number of ether oxygens (including phenoxy) is 1. The van der Waals surface area contributed by atoms with Crippen molar-refractivity contribution < 1.29 is 14.3 Å². The fourth-order valence-corrected chi connectivity index (χ4v) is 3.72. The van der Waals surface area contributed by atoms with Gasteiger partial charge < -0.3 is 14.5 Å². The Bertz CT molecular complexity index is 827. The molecule has 0 saturated carbocycles. The molecule has 0 unspecified atom stereocenters. The Kier molecular flexibility index (Phi) is 5.10. The second-order valence-corrected chi connectivity index (χ2v) is 7.08. The van der Waals surface area contributed by atoms with Crippen molar-refractivity contribution >= 4 is 11.8 Å². The summed E-state index contributed by atoms with van der Waals surface area (Å²) < 4.78 is 5.50. The molecule has 2 aromatic rings. The monoisotopic (exact) mass is 364 g/mol. The topological polar surface area (TPSA) is 49.9 Å². The zero-order valence-corrected chi connectivity index (χ0v) is 15.4. The van der Waals surface area contributed by atoms with Gasteiger partial charge in [-0.3, -0.25) is 9.59 Å². The van der Waals surface area contributed by atoms with E-state index in [-0.39, 0.29) is 11.8 Å². The van der Waals surface area contributed by atoms with E-state index in [1.165, 1.54) is 5.56 Å². The van der Waals surface area contributed by atoms with Crippen molar-refractivity contribution in [3.05, 3.63) is 65.2 Å². The smallest absolute Gasteiger partial charge is 0.253 e. The van der Waals surface area contributed by atoms with Gasteiger partial charge in [-0.1, -0.05) is 30.3 Å². The first-order chi connectivity index (χ1) is 13.2. The average Bonchev–Trinajstić information content (AvgIpc) is 3.20. The van der Waals surface area contributed by atoms with Gasteiger partial charge in [-0.15, -0.1) is 0 Å². The number of benzene rings is 2. The molecule has 0 radical (unpaired) electrons. The van der Waals surface area contributed by atoms with Crippen LogP contribution in [0.2, 0.25) is 0 Å². The van der Waals surface area contributed by atoms with E-state index in [1.54, 1.807) is 0 Å². The molecule has 4 rings (SSSR count). The quantitative estimate of drug-likeness (QED) is 0.838. The van der Waals surface area contributed by atoms with Crippen LogP contribution in [0.3, 0.4) is 0 Å². The molecule has 27 heavy (non-hydrogen) atoms. The van der Waals surface area contributed by atoms with Crippen LogP contribution in [0.15, 0.2) is 48.5 Å². The van der Waals surface area contributed by atoms with E-state index in [2.05, 4.69) is 0 Å². The number of amides is 2. The van der Waals surface area contributed by atoms with Crippen LogP contribution in [-0.2, 0) is 17.6 Å². The third kappa shape index (κ3) is 3.97. The number of hydrogen-bond donors (Lipinski definition) is 0. The Balaban J connectivity index is 1.29. The van der Waals surface area contributed by atoms with Crippen molar-refractivity contribution in [1.82, 2.24) is 9.80 Å². The molecular weight excluding hydrogens is 340 g/mol. The highest BCUT2D eigenvalue weighted by Gasteiger charge is 2.25. The maximum Gasteiger partial charge on any atom is 0.253 e. The molecule has 2 aliphatic heterocycles. The second kappa shape index (κ2) is 7.82. The fraction of sp³-hybridized carbons (Fsp3) is 0.364. The minimum Gasteiger partial charge on any atom is -0.493 e. The van der Waals surface area contributed by atoms with Gasteiger partial charge in [0.25, 0.3) is 5.91 Å². The van der Waals surface area contributed by atoms with Crippen LogP contribution in [0.5, 0.6) is 5.75 Å². The van der Waals surface area contributed by atoms with E-state index in [0.29, 0.717) is 44.8 Å². The molecule has 0 spiro atoms. The van der Waals surface area contributed by atoms with Crippen LogP contribution in [0, 0.1) is 0 Å². The summed E-state index contributed by atoms with van der Waals surface area (Å²) in [5.74, 6) is 1.10. The van der Waals surface area contributed by atoms with E-state index in [0.717, 1.165) is 24.2 Å². The Morgan fingerprint density at radius 1 is 0.926 bits per heavy atom. The summed E-state index contributed by atoms with van der Waals surface area (Å²) in [6.45, 7) is 3.07. The van der Waals surface area contributed by atoms with E-state index in [4.69, 9.17) is 4.74 Å². The van der Waals surface area contributed by atoms with Crippen molar-refractivity contribution in [2.45, 2.75) is 19.3 Å². The van der Waals surface area contributed by atoms with Crippen LogP contribution < -0.4 is 4.74 Å². The standard InChI is InChI=1S/C22H24N2O3/c25-21(9-6-17-4-2-1-3-5-17)23-11-13-24(14-12-23)22(26)19-7-8-20-18(16-19)10-15-27-20/h1-5,7-8,16H,6,9-15H2. The van der Waals surface area contributed by atoms with Gasteiger partial charge in [0.2, 0.25) is 5.91 Å². The predicted octanol–water partition coefficient (Wildman–Crippen LogP) is 2.54. The first-order valence-corrected chi connectivity index (χ1v) is 9.57. The highest BCUT2D eigenvalue weighted by Crippen LogP contribution is 2.26. The number of aryl methyl sites for hydroxylation is 1. The minimum atomic E-state index is 0.0427. The molecular formula is C22H24N2O3. The highest BCUT2D eigenvalue weighted by molar-refractivity contribution is 5.95. The van der Waals surface area contributed by atoms with Crippen molar-refractivity contribution in [3.63, 3.8) is 0 Å². The molecule has 5 heteroatoms. The summed E-state index contributed by atoms with van der Waals surface area (Å²) in [4.78, 5) is 28.9. The maximum absolute atomic E-state index is 12.8. The van der Waals surface area contributed by atoms with Crippen LogP contribution >= 0.6 is 0 Å². The molecule has 2 aliphatic rings. The van der Waals surface area contributed by atoms with Crippen molar-refractivity contribution in [1.29, 1.82) is 0 Å². The number of nitrogens with zero attached hydrogens (tertiary/aromatic N) is 2. The van der Waals surface area contributed by atoms with Gasteiger partial charge in [0, 0.05) is 44.6 Å². The molecule has 2 heterocycles. The Hall–Kier alpha value is -2.82. The molecule has 0 N–H and O–H groups in total. The molecule has 5 nitrogen and oxygen atoms in total. The number of rotatable bonds is 4. The van der Waals surface area contributed by atoms with Crippen molar-refractivity contribution in [2.24, 2.45) is 0 Å². The Morgan fingerprint density at radius 3 is 2.44 bits per heavy atom. The Labute approximate surface area is 159 Å². The van der Waals surface area contributed by atoms with E-state index in [9.17, 15) is 9.59 Å². The van der Waals surface area contributed by atoms with E-state index >= 15 is 0 Å². The van der Waals surface area contributed by atoms with Crippen LogP contribution in [0.1, 0.15) is 27.9 Å². The summed E-state index contributed by atoms with van der Waals surface area (Å²) in [5.41, 5.74) is 3.00. The summed E-state index contributed by atoms with van der Waals surface area (Å²) >= 11 is 0. The SMILES string of the molecule is O=C(CCc1ccccc1)N1CCN(C(=O)c2ccc3c(c2)CCO3)CC1. The zero-order chi connectivity index (χ0) is 18.6. The molecule has 0 aliphatic carbocycles. The fourth-order valence-electron chi connectivity index (χ4n) is 3.72.